The van der Waals surface area contributed by atoms with Crippen molar-refractivity contribution in [3.05, 3.63) is 94.8 Å². The molecule has 1 aromatic heterocycles. The van der Waals surface area contributed by atoms with E-state index in [1.807, 2.05) is 66.2 Å². The quantitative estimate of drug-likeness (QED) is 0.332. The van der Waals surface area contributed by atoms with Gasteiger partial charge in [-0.05, 0) is 34.9 Å². The summed E-state index contributed by atoms with van der Waals surface area (Å²) in [6.07, 6.45) is 0. The molecule has 0 radical (unpaired) electrons. The Morgan fingerprint density at radius 2 is 1.74 bits per heavy atom. The summed E-state index contributed by atoms with van der Waals surface area (Å²) in [6.45, 7) is 0.292. The molecule has 5 nitrogen and oxygen atoms in total. The number of rotatable bonds is 7. The van der Waals surface area contributed by atoms with Gasteiger partial charge < -0.3 is 9.30 Å². The van der Waals surface area contributed by atoms with Gasteiger partial charge in [0, 0.05) is 12.8 Å². The number of thioether (sulfide) groups is 1. The molecule has 0 spiro atoms. The van der Waals surface area contributed by atoms with E-state index in [1.165, 1.54) is 5.56 Å². The van der Waals surface area contributed by atoms with Crippen LogP contribution in [0.1, 0.15) is 17.0 Å². The van der Waals surface area contributed by atoms with E-state index < -0.39 is 0 Å². The largest absolute Gasteiger partial charge is 0.484 e. The first-order valence-electron chi connectivity index (χ1n) is 9.62. The molecule has 0 saturated carbocycles. The first kappa shape index (κ1) is 21.0. The lowest BCUT2D eigenvalue weighted by molar-refractivity contribution is 0.290. The van der Waals surface area contributed by atoms with E-state index in [0.717, 1.165) is 27.9 Å². The summed E-state index contributed by atoms with van der Waals surface area (Å²) >= 11 is 7.74. The van der Waals surface area contributed by atoms with E-state index in [-0.39, 0.29) is 0 Å². The minimum absolute atomic E-state index is 0.292. The number of para-hydroxylation sites is 1. The molecule has 7 heteroatoms. The number of aromatic nitrogens is 3. The molecule has 4 rings (SSSR count). The van der Waals surface area contributed by atoms with E-state index in [0.29, 0.717) is 22.9 Å². The molecule has 1 heterocycles. The maximum atomic E-state index is 9.31. The van der Waals surface area contributed by atoms with Crippen LogP contribution in [0.5, 0.6) is 5.75 Å². The van der Waals surface area contributed by atoms with Gasteiger partial charge in [-0.25, -0.2) is 0 Å². The van der Waals surface area contributed by atoms with Crippen LogP contribution in [0.3, 0.4) is 0 Å². The molecule has 31 heavy (non-hydrogen) atoms. The lowest BCUT2D eigenvalue weighted by atomic mass is 10.00. The van der Waals surface area contributed by atoms with Gasteiger partial charge in [-0.15, -0.1) is 10.2 Å². The highest BCUT2D eigenvalue weighted by Crippen LogP contribution is 2.27. The maximum Gasteiger partial charge on any atom is 0.191 e. The topological polar surface area (TPSA) is 63.7 Å². The zero-order chi connectivity index (χ0) is 21.6. The second-order valence-corrected chi connectivity index (χ2v) is 8.17. The Morgan fingerprint density at radius 1 is 1.00 bits per heavy atom. The Balaban J connectivity index is 1.38. The van der Waals surface area contributed by atoms with Crippen LogP contribution in [-0.4, -0.2) is 14.8 Å². The lowest BCUT2D eigenvalue weighted by Crippen LogP contribution is -2.04. The number of ether oxygens (including phenoxy) is 1. The maximum absolute atomic E-state index is 9.31. The average molecular weight is 447 g/mol. The monoisotopic (exact) mass is 446 g/mol. The highest BCUT2D eigenvalue weighted by atomic mass is 35.5. The predicted molar refractivity (Wildman–Crippen MR) is 123 cm³/mol. The molecule has 0 unspecified atom stereocenters. The van der Waals surface area contributed by atoms with Crippen molar-refractivity contribution in [3.8, 4) is 22.9 Å². The summed E-state index contributed by atoms with van der Waals surface area (Å²) < 4.78 is 7.70. The molecule has 0 bridgehead atoms. The number of benzene rings is 3. The van der Waals surface area contributed by atoms with Crippen molar-refractivity contribution in [1.29, 1.82) is 5.26 Å². The van der Waals surface area contributed by atoms with Gasteiger partial charge in [-0.2, -0.15) is 5.26 Å². The van der Waals surface area contributed by atoms with E-state index in [9.17, 15) is 5.26 Å². The molecule has 4 aromatic rings. The summed E-state index contributed by atoms with van der Waals surface area (Å²) in [4.78, 5) is 0. The van der Waals surface area contributed by atoms with Crippen LogP contribution in [0, 0.1) is 11.3 Å². The molecule has 0 aliphatic carbocycles. The zero-order valence-corrected chi connectivity index (χ0v) is 18.4. The molecular weight excluding hydrogens is 428 g/mol. The molecule has 154 valence electrons. The minimum atomic E-state index is 0.292. The SMILES string of the molecule is Cn1c(COc2ccccc2Cl)nnc1SCc1ccc(-c2ccccc2C#N)cc1. The summed E-state index contributed by atoms with van der Waals surface area (Å²) in [5.41, 5.74) is 3.82. The van der Waals surface area contributed by atoms with E-state index in [1.54, 1.807) is 17.8 Å². The number of nitrogens with zero attached hydrogens (tertiary/aromatic N) is 4. The van der Waals surface area contributed by atoms with Crippen molar-refractivity contribution in [1.82, 2.24) is 14.8 Å². The van der Waals surface area contributed by atoms with E-state index >= 15 is 0 Å². The number of hydrogen-bond acceptors (Lipinski definition) is 5. The molecule has 0 aliphatic rings. The van der Waals surface area contributed by atoms with Gasteiger partial charge in [-0.1, -0.05) is 78.0 Å². The Hall–Kier alpha value is -3.27. The van der Waals surface area contributed by atoms with Gasteiger partial charge in [0.2, 0.25) is 0 Å². The Bertz CT molecular complexity index is 1230. The zero-order valence-electron chi connectivity index (χ0n) is 16.8. The molecule has 0 fully saturated rings. The van der Waals surface area contributed by atoms with Gasteiger partial charge in [0.15, 0.2) is 11.0 Å². The van der Waals surface area contributed by atoms with Crippen LogP contribution < -0.4 is 4.74 Å². The Labute approximate surface area is 190 Å². The van der Waals surface area contributed by atoms with Gasteiger partial charge in [-0.3, -0.25) is 0 Å². The molecule has 0 saturated heterocycles. The smallest absolute Gasteiger partial charge is 0.191 e. The van der Waals surface area contributed by atoms with Gasteiger partial charge in [0.1, 0.15) is 12.4 Å². The van der Waals surface area contributed by atoms with Crippen molar-refractivity contribution in [3.63, 3.8) is 0 Å². The van der Waals surface area contributed by atoms with E-state index in [4.69, 9.17) is 16.3 Å². The highest BCUT2D eigenvalue weighted by molar-refractivity contribution is 7.98. The first-order chi connectivity index (χ1) is 15.2. The van der Waals surface area contributed by atoms with Crippen LogP contribution >= 0.6 is 23.4 Å². The lowest BCUT2D eigenvalue weighted by Gasteiger charge is -2.08. The molecule has 3 aromatic carbocycles. The third kappa shape index (κ3) is 4.91. The highest BCUT2D eigenvalue weighted by Gasteiger charge is 2.11. The second-order valence-electron chi connectivity index (χ2n) is 6.82. The number of nitriles is 1. The van der Waals surface area contributed by atoms with Gasteiger partial charge in [0.25, 0.3) is 0 Å². The number of halogens is 1. The third-order valence-electron chi connectivity index (χ3n) is 4.80. The van der Waals surface area contributed by atoms with Crippen LogP contribution in [0.25, 0.3) is 11.1 Å². The standard InChI is InChI=1S/C24H19ClN4OS/c1-29-23(15-30-22-9-5-4-8-21(22)25)27-28-24(29)31-16-17-10-12-18(13-11-17)20-7-3-2-6-19(20)14-26/h2-13H,15-16H2,1H3. The average Bonchev–Trinajstić information content (AvgIpc) is 3.16. The molecule has 0 amide bonds. The van der Waals surface area contributed by atoms with Crippen molar-refractivity contribution in [2.24, 2.45) is 7.05 Å². The molecular formula is C24H19ClN4OS. The summed E-state index contributed by atoms with van der Waals surface area (Å²) in [7, 11) is 1.93. The summed E-state index contributed by atoms with van der Waals surface area (Å²) in [6, 6.07) is 25.5. The fourth-order valence-electron chi connectivity index (χ4n) is 3.06. The fourth-order valence-corrected chi connectivity index (χ4v) is 4.14. The van der Waals surface area contributed by atoms with Crippen LogP contribution in [-0.2, 0) is 19.4 Å². The van der Waals surface area contributed by atoms with Crippen molar-refractivity contribution in [2.75, 3.05) is 0 Å². The Kier molecular flexibility index (Phi) is 6.56. The normalized spacial score (nSPS) is 10.6. The van der Waals surface area contributed by atoms with Gasteiger partial charge >= 0.3 is 0 Å². The third-order valence-corrected chi connectivity index (χ3v) is 6.20. The molecule has 0 atom stereocenters. The van der Waals surface area contributed by atoms with E-state index in [2.05, 4.69) is 28.4 Å². The predicted octanol–water partition coefficient (Wildman–Crippen LogP) is 5.88. The van der Waals surface area contributed by atoms with Crippen molar-refractivity contribution in [2.45, 2.75) is 17.5 Å². The molecule has 0 N–H and O–H groups in total. The van der Waals surface area contributed by atoms with Crippen LogP contribution in [0.2, 0.25) is 5.02 Å². The Morgan fingerprint density at radius 3 is 2.52 bits per heavy atom. The van der Waals surface area contributed by atoms with Crippen molar-refractivity contribution < 1.29 is 4.74 Å². The van der Waals surface area contributed by atoms with Gasteiger partial charge in [0.05, 0.1) is 16.7 Å². The number of hydrogen-bond donors (Lipinski definition) is 0. The van der Waals surface area contributed by atoms with Crippen molar-refractivity contribution >= 4 is 23.4 Å². The first-order valence-corrected chi connectivity index (χ1v) is 11.0. The summed E-state index contributed by atoms with van der Waals surface area (Å²) in [5.74, 6) is 2.11. The fraction of sp³-hybridized carbons (Fsp3) is 0.125. The van der Waals surface area contributed by atoms with Crippen LogP contribution in [0.4, 0.5) is 0 Å². The minimum Gasteiger partial charge on any atom is -0.484 e. The molecule has 0 aliphatic heterocycles. The summed E-state index contributed by atoms with van der Waals surface area (Å²) in [5, 5.41) is 19.2. The second kappa shape index (κ2) is 9.69. The van der Waals surface area contributed by atoms with Crippen LogP contribution in [0.15, 0.2) is 78.0 Å².